The monoisotopic (exact) mass is 359 g/mol. The van der Waals surface area contributed by atoms with Gasteiger partial charge in [-0.05, 0) is 6.92 Å². The lowest BCUT2D eigenvalue weighted by Gasteiger charge is -2.17. The summed E-state index contributed by atoms with van der Waals surface area (Å²) in [6.07, 6.45) is -1.30. The smallest absolute Gasteiger partial charge is 0.344 e. The Morgan fingerprint density at radius 1 is 1.15 bits per heavy atom. The molecule has 2 N–H and O–H groups in total. The summed E-state index contributed by atoms with van der Waals surface area (Å²) in [6.45, 7) is 5.32. The molecule has 138 valence electrons. The number of aromatic nitrogens is 1. The first-order valence-electron chi connectivity index (χ1n) is 8.09. The van der Waals surface area contributed by atoms with Crippen LogP contribution in [0.25, 0.3) is 0 Å². The van der Waals surface area contributed by atoms with E-state index in [0.717, 1.165) is 0 Å². The van der Waals surface area contributed by atoms with Gasteiger partial charge in [0, 0.05) is 18.5 Å². The van der Waals surface area contributed by atoms with E-state index in [4.69, 9.17) is 9.26 Å². The number of benzene rings is 1. The van der Waals surface area contributed by atoms with Crippen molar-refractivity contribution in [2.75, 3.05) is 7.05 Å². The van der Waals surface area contributed by atoms with Gasteiger partial charge < -0.3 is 14.6 Å². The number of nitrogens with zero attached hydrogens (tertiary/aromatic N) is 1. The lowest BCUT2D eigenvalue weighted by molar-refractivity contribution is -0.129. The molecule has 0 aliphatic heterocycles. The Labute approximate surface area is 150 Å². The molecule has 0 fully saturated rings. The van der Waals surface area contributed by atoms with E-state index in [0.29, 0.717) is 17.0 Å². The van der Waals surface area contributed by atoms with E-state index >= 15 is 0 Å². The molecule has 8 heteroatoms. The zero-order valence-electron chi connectivity index (χ0n) is 15.0. The van der Waals surface area contributed by atoms with Crippen LogP contribution in [0.5, 0.6) is 0 Å². The number of rotatable bonds is 5. The predicted molar refractivity (Wildman–Crippen MR) is 92.5 cm³/mol. The SMILES string of the molecule is CNC(=O)NC(=O)[C@H](OC(=O)c1c(C)noc1C(C)C)c1ccccc1. The van der Waals surface area contributed by atoms with Gasteiger partial charge in [-0.25, -0.2) is 9.59 Å². The first-order chi connectivity index (χ1) is 12.3. The number of hydrogen-bond acceptors (Lipinski definition) is 6. The summed E-state index contributed by atoms with van der Waals surface area (Å²) in [5.41, 5.74) is 0.994. The molecule has 26 heavy (non-hydrogen) atoms. The van der Waals surface area contributed by atoms with Gasteiger partial charge in [-0.3, -0.25) is 10.1 Å². The van der Waals surface area contributed by atoms with Gasteiger partial charge >= 0.3 is 12.0 Å². The minimum atomic E-state index is -1.30. The second-order valence-electron chi connectivity index (χ2n) is 5.93. The van der Waals surface area contributed by atoms with Gasteiger partial charge in [0.05, 0.1) is 5.69 Å². The minimum absolute atomic E-state index is 0.0892. The molecule has 0 aliphatic carbocycles. The molecular weight excluding hydrogens is 338 g/mol. The Hall–Kier alpha value is -3.16. The number of carbonyl (C=O) groups is 3. The van der Waals surface area contributed by atoms with Crippen LogP contribution in [0.2, 0.25) is 0 Å². The van der Waals surface area contributed by atoms with E-state index in [1.807, 2.05) is 13.8 Å². The highest BCUT2D eigenvalue weighted by Gasteiger charge is 2.31. The van der Waals surface area contributed by atoms with Gasteiger partial charge in [-0.1, -0.05) is 49.3 Å². The molecule has 1 heterocycles. The molecule has 1 atom stereocenters. The largest absolute Gasteiger partial charge is 0.444 e. The number of nitrogens with one attached hydrogen (secondary N) is 2. The van der Waals surface area contributed by atoms with Crippen molar-refractivity contribution >= 4 is 17.9 Å². The number of urea groups is 1. The lowest BCUT2D eigenvalue weighted by atomic mass is 10.0. The predicted octanol–water partition coefficient (Wildman–Crippen LogP) is 2.46. The van der Waals surface area contributed by atoms with Crippen molar-refractivity contribution in [2.45, 2.75) is 32.8 Å². The zero-order valence-corrected chi connectivity index (χ0v) is 15.0. The number of esters is 1. The van der Waals surface area contributed by atoms with Crippen LogP contribution in [0.15, 0.2) is 34.9 Å². The molecule has 8 nitrogen and oxygen atoms in total. The summed E-state index contributed by atoms with van der Waals surface area (Å²) in [5, 5.41) is 8.21. The number of carbonyl (C=O) groups excluding carboxylic acids is 3. The number of amides is 3. The summed E-state index contributed by atoms with van der Waals surface area (Å²) in [7, 11) is 1.38. The molecule has 0 radical (unpaired) electrons. The fourth-order valence-corrected chi connectivity index (χ4v) is 2.34. The molecule has 3 amide bonds. The third-order valence-electron chi connectivity index (χ3n) is 3.65. The van der Waals surface area contributed by atoms with Crippen molar-refractivity contribution in [1.29, 1.82) is 0 Å². The average Bonchev–Trinajstić information content (AvgIpc) is 3.01. The molecule has 0 unspecified atom stereocenters. The molecule has 1 aromatic heterocycles. The second-order valence-corrected chi connectivity index (χ2v) is 5.93. The third kappa shape index (κ3) is 4.27. The highest BCUT2D eigenvalue weighted by Crippen LogP contribution is 2.26. The van der Waals surface area contributed by atoms with E-state index < -0.39 is 24.0 Å². The number of hydrogen-bond donors (Lipinski definition) is 2. The van der Waals surface area contributed by atoms with Crippen LogP contribution >= 0.6 is 0 Å². The first-order valence-corrected chi connectivity index (χ1v) is 8.09. The Morgan fingerprint density at radius 2 is 1.81 bits per heavy atom. The molecule has 1 aromatic carbocycles. The second kappa shape index (κ2) is 8.28. The zero-order chi connectivity index (χ0) is 19.3. The molecule has 0 bridgehead atoms. The lowest BCUT2D eigenvalue weighted by Crippen LogP contribution is -2.41. The van der Waals surface area contributed by atoms with E-state index in [1.165, 1.54) is 7.05 Å². The summed E-state index contributed by atoms with van der Waals surface area (Å²) < 4.78 is 10.6. The van der Waals surface area contributed by atoms with Crippen molar-refractivity contribution in [2.24, 2.45) is 0 Å². The standard InChI is InChI=1S/C18H21N3O5/c1-10(2)14-13(11(3)21-26-14)17(23)25-15(12-8-6-5-7-9-12)16(22)20-18(24)19-4/h5-10,15H,1-4H3,(H2,19,20,22,24)/t15-/m1/s1. The number of ether oxygens (including phenoxy) is 1. The highest BCUT2D eigenvalue weighted by atomic mass is 16.6. The van der Waals surface area contributed by atoms with Crippen molar-refractivity contribution in [1.82, 2.24) is 15.8 Å². The van der Waals surface area contributed by atoms with Crippen molar-refractivity contribution in [3.8, 4) is 0 Å². The molecule has 2 aromatic rings. The van der Waals surface area contributed by atoms with Crippen LogP contribution in [0, 0.1) is 6.92 Å². The van der Waals surface area contributed by atoms with Gasteiger partial charge in [0.2, 0.25) is 6.10 Å². The summed E-state index contributed by atoms with van der Waals surface area (Å²) in [5.74, 6) is -1.21. The van der Waals surface area contributed by atoms with E-state index in [9.17, 15) is 14.4 Å². The first kappa shape index (κ1) is 19.2. The van der Waals surface area contributed by atoms with Crippen LogP contribution in [0.3, 0.4) is 0 Å². The van der Waals surface area contributed by atoms with Gasteiger partial charge in [-0.15, -0.1) is 0 Å². The molecule has 0 aliphatic rings. The maximum atomic E-state index is 12.7. The number of aryl methyl sites for hydroxylation is 1. The summed E-state index contributed by atoms with van der Waals surface area (Å²) in [6, 6.07) is 7.73. The van der Waals surface area contributed by atoms with Gasteiger partial charge in [0.15, 0.2) is 5.76 Å². The average molecular weight is 359 g/mol. The van der Waals surface area contributed by atoms with Crippen molar-refractivity contribution in [3.05, 3.63) is 52.9 Å². The Bertz CT molecular complexity index is 798. The van der Waals surface area contributed by atoms with Gasteiger partial charge in [0.25, 0.3) is 5.91 Å². The highest BCUT2D eigenvalue weighted by molar-refractivity contribution is 5.99. The van der Waals surface area contributed by atoms with Crippen LogP contribution in [-0.2, 0) is 9.53 Å². The van der Waals surface area contributed by atoms with Crippen molar-refractivity contribution < 1.29 is 23.6 Å². The van der Waals surface area contributed by atoms with Crippen LogP contribution in [0.1, 0.15) is 53.2 Å². The molecule has 0 saturated carbocycles. The minimum Gasteiger partial charge on any atom is -0.444 e. The fourth-order valence-electron chi connectivity index (χ4n) is 2.34. The van der Waals surface area contributed by atoms with Gasteiger partial charge in [0.1, 0.15) is 5.56 Å². The van der Waals surface area contributed by atoms with E-state index in [2.05, 4.69) is 15.8 Å². The van der Waals surface area contributed by atoms with Crippen molar-refractivity contribution in [3.63, 3.8) is 0 Å². The van der Waals surface area contributed by atoms with E-state index in [1.54, 1.807) is 37.3 Å². The normalized spacial score (nSPS) is 11.7. The molecule has 2 rings (SSSR count). The molecule has 0 saturated heterocycles. The molecule has 0 spiro atoms. The Balaban J connectivity index is 2.32. The maximum absolute atomic E-state index is 12.7. The van der Waals surface area contributed by atoms with E-state index in [-0.39, 0.29) is 11.5 Å². The Morgan fingerprint density at radius 3 is 2.38 bits per heavy atom. The quantitative estimate of drug-likeness (QED) is 0.794. The topological polar surface area (TPSA) is 111 Å². The maximum Gasteiger partial charge on any atom is 0.344 e. The van der Waals surface area contributed by atoms with Crippen LogP contribution in [-0.4, -0.2) is 30.1 Å². The summed E-state index contributed by atoms with van der Waals surface area (Å²) in [4.78, 5) is 36.6. The third-order valence-corrected chi connectivity index (χ3v) is 3.65. The van der Waals surface area contributed by atoms with Gasteiger partial charge in [-0.2, -0.15) is 0 Å². The fraction of sp³-hybridized carbons (Fsp3) is 0.333. The Kier molecular flexibility index (Phi) is 6.11. The van der Waals surface area contributed by atoms with Crippen LogP contribution in [0.4, 0.5) is 4.79 Å². The summed E-state index contributed by atoms with van der Waals surface area (Å²) >= 11 is 0. The number of imide groups is 1. The molecular formula is C18H21N3O5. The van der Waals surface area contributed by atoms with Crippen LogP contribution < -0.4 is 10.6 Å².